The maximum atomic E-state index is 9.15. The summed E-state index contributed by atoms with van der Waals surface area (Å²) in [6.45, 7) is 6.44. The fraction of sp³-hybridized carbons (Fsp3) is 0.727. The fourth-order valence-corrected chi connectivity index (χ4v) is 1.60. The van der Waals surface area contributed by atoms with Gasteiger partial charge in [0.2, 0.25) is 0 Å². The van der Waals surface area contributed by atoms with E-state index in [1.165, 1.54) is 0 Å². The average molecular weight is 196 g/mol. The van der Waals surface area contributed by atoms with Gasteiger partial charge in [-0.3, -0.25) is 0 Å². The number of hydrogen-bond donors (Lipinski definition) is 2. The van der Waals surface area contributed by atoms with E-state index in [1.54, 1.807) is 0 Å². The van der Waals surface area contributed by atoms with Crippen LogP contribution in [0.1, 0.15) is 49.8 Å². The number of aryl methyl sites for hydroxylation is 2. The lowest BCUT2D eigenvalue weighted by Gasteiger charge is -2.06. The predicted octanol–water partition coefficient (Wildman–Crippen LogP) is 2.16. The molecule has 1 aromatic rings. The standard InChI is InChI=1S/C11H20N2O/c1-4-6-10-8(3)12-11(13-10)9(5-2)7-14/h9,14H,4-7H2,1-3H3,(H,12,13). The van der Waals surface area contributed by atoms with Crippen LogP contribution < -0.4 is 0 Å². The van der Waals surface area contributed by atoms with Gasteiger partial charge in [0.15, 0.2) is 0 Å². The van der Waals surface area contributed by atoms with E-state index >= 15 is 0 Å². The first-order valence-corrected chi connectivity index (χ1v) is 5.39. The van der Waals surface area contributed by atoms with Crippen LogP contribution >= 0.6 is 0 Å². The van der Waals surface area contributed by atoms with Gasteiger partial charge < -0.3 is 10.1 Å². The maximum absolute atomic E-state index is 9.15. The van der Waals surface area contributed by atoms with Gasteiger partial charge in [0.25, 0.3) is 0 Å². The summed E-state index contributed by atoms with van der Waals surface area (Å²) in [4.78, 5) is 7.79. The van der Waals surface area contributed by atoms with Crippen molar-refractivity contribution in [1.29, 1.82) is 0 Å². The third kappa shape index (κ3) is 2.35. The molecule has 1 rings (SSSR count). The molecule has 0 saturated carbocycles. The highest BCUT2D eigenvalue weighted by molar-refractivity contribution is 5.15. The summed E-state index contributed by atoms with van der Waals surface area (Å²) in [5.74, 6) is 1.11. The van der Waals surface area contributed by atoms with Crippen molar-refractivity contribution < 1.29 is 5.11 Å². The Morgan fingerprint density at radius 3 is 2.64 bits per heavy atom. The lowest BCUT2D eigenvalue weighted by Crippen LogP contribution is -2.04. The highest BCUT2D eigenvalue weighted by atomic mass is 16.3. The molecule has 14 heavy (non-hydrogen) atoms. The third-order valence-electron chi connectivity index (χ3n) is 2.59. The number of aliphatic hydroxyl groups excluding tert-OH is 1. The first kappa shape index (κ1) is 11.2. The molecular weight excluding hydrogens is 176 g/mol. The van der Waals surface area contributed by atoms with Gasteiger partial charge in [-0.15, -0.1) is 0 Å². The van der Waals surface area contributed by atoms with Crippen molar-refractivity contribution in [1.82, 2.24) is 9.97 Å². The molecule has 3 nitrogen and oxygen atoms in total. The van der Waals surface area contributed by atoms with Crippen LogP contribution in [0.25, 0.3) is 0 Å². The minimum Gasteiger partial charge on any atom is -0.396 e. The van der Waals surface area contributed by atoms with Crippen LogP contribution in [0.15, 0.2) is 0 Å². The normalized spacial score (nSPS) is 13.1. The molecular formula is C11H20N2O. The van der Waals surface area contributed by atoms with Crippen molar-refractivity contribution in [2.75, 3.05) is 6.61 Å². The molecule has 1 unspecified atom stereocenters. The Labute approximate surface area is 85.6 Å². The first-order valence-electron chi connectivity index (χ1n) is 5.39. The number of nitrogens with one attached hydrogen (secondary N) is 1. The second-order valence-electron chi connectivity index (χ2n) is 3.73. The van der Waals surface area contributed by atoms with Crippen molar-refractivity contribution in [3.63, 3.8) is 0 Å². The molecule has 0 spiro atoms. The molecule has 0 aliphatic rings. The lowest BCUT2D eigenvalue weighted by atomic mass is 10.1. The van der Waals surface area contributed by atoms with Crippen LogP contribution in [-0.2, 0) is 6.42 Å². The number of H-pyrrole nitrogens is 1. The zero-order chi connectivity index (χ0) is 10.6. The van der Waals surface area contributed by atoms with Gasteiger partial charge in [0.05, 0.1) is 12.3 Å². The quantitative estimate of drug-likeness (QED) is 0.758. The summed E-state index contributed by atoms with van der Waals surface area (Å²) in [6.07, 6.45) is 3.06. The van der Waals surface area contributed by atoms with Crippen molar-refractivity contribution in [3.8, 4) is 0 Å². The Morgan fingerprint density at radius 1 is 1.43 bits per heavy atom. The van der Waals surface area contributed by atoms with Crippen LogP contribution in [0.4, 0.5) is 0 Å². The molecule has 0 fully saturated rings. The number of rotatable bonds is 5. The number of aliphatic hydroxyl groups is 1. The minimum absolute atomic E-state index is 0.166. The van der Waals surface area contributed by atoms with Gasteiger partial charge in [-0.25, -0.2) is 4.98 Å². The molecule has 0 saturated heterocycles. The highest BCUT2D eigenvalue weighted by Gasteiger charge is 2.13. The fourth-order valence-electron chi connectivity index (χ4n) is 1.60. The van der Waals surface area contributed by atoms with E-state index in [9.17, 15) is 0 Å². The summed E-state index contributed by atoms with van der Waals surface area (Å²) < 4.78 is 0. The molecule has 0 aliphatic heterocycles. The number of aromatic amines is 1. The minimum atomic E-state index is 0.166. The lowest BCUT2D eigenvalue weighted by molar-refractivity contribution is 0.258. The molecule has 80 valence electrons. The van der Waals surface area contributed by atoms with Gasteiger partial charge in [0.1, 0.15) is 5.82 Å². The van der Waals surface area contributed by atoms with Crippen molar-refractivity contribution in [2.45, 2.75) is 46.0 Å². The molecule has 0 amide bonds. The highest BCUT2D eigenvalue weighted by Crippen LogP contribution is 2.18. The van der Waals surface area contributed by atoms with E-state index in [2.05, 4.69) is 23.8 Å². The Morgan fingerprint density at radius 2 is 2.14 bits per heavy atom. The van der Waals surface area contributed by atoms with E-state index in [0.29, 0.717) is 0 Å². The van der Waals surface area contributed by atoms with Gasteiger partial charge in [-0.05, 0) is 19.8 Å². The first-order chi connectivity index (χ1) is 6.72. The zero-order valence-electron chi connectivity index (χ0n) is 9.30. The molecule has 3 heteroatoms. The number of hydrogen-bond acceptors (Lipinski definition) is 2. The van der Waals surface area contributed by atoms with Crippen molar-refractivity contribution in [2.24, 2.45) is 0 Å². The van der Waals surface area contributed by atoms with Crippen LogP contribution in [0.2, 0.25) is 0 Å². The topological polar surface area (TPSA) is 48.9 Å². The molecule has 1 heterocycles. The summed E-state index contributed by atoms with van der Waals surface area (Å²) in [7, 11) is 0. The summed E-state index contributed by atoms with van der Waals surface area (Å²) >= 11 is 0. The molecule has 2 N–H and O–H groups in total. The second kappa shape index (κ2) is 5.15. The third-order valence-corrected chi connectivity index (χ3v) is 2.59. The largest absolute Gasteiger partial charge is 0.396 e. The second-order valence-corrected chi connectivity index (χ2v) is 3.73. The SMILES string of the molecule is CCCc1nc(C(CC)CO)[nH]c1C. The Kier molecular flexibility index (Phi) is 4.14. The maximum Gasteiger partial charge on any atom is 0.111 e. The number of aromatic nitrogens is 2. The predicted molar refractivity (Wildman–Crippen MR) is 57.4 cm³/mol. The Hall–Kier alpha value is -0.830. The van der Waals surface area contributed by atoms with E-state index < -0.39 is 0 Å². The molecule has 0 radical (unpaired) electrons. The van der Waals surface area contributed by atoms with Crippen LogP contribution in [0, 0.1) is 6.92 Å². The smallest absolute Gasteiger partial charge is 0.111 e. The monoisotopic (exact) mass is 196 g/mol. The zero-order valence-corrected chi connectivity index (χ0v) is 9.30. The average Bonchev–Trinajstić information content (AvgIpc) is 2.51. The molecule has 1 atom stereocenters. The number of imidazole rings is 1. The molecule has 1 aromatic heterocycles. The van der Waals surface area contributed by atoms with E-state index in [4.69, 9.17) is 5.11 Å². The summed E-state index contributed by atoms with van der Waals surface area (Å²) in [5, 5.41) is 9.15. The van der Waals surface area contributed by atoms with Crippen LogP contribution in [0.3, 0.4) is 0 Å². The van der Waals surface area contributed by atoms with Crippen LogP contribution in [-0.4, -0.2) is 21.7 Å². The van der Waals surface area contributed by atoms with E-state index in [1.807, 2.05) is 6.92 Å². The van der Waals surface area contributed by atoms with Gasteiger partial charge in [-0.2, -0.15) is 0 Å². The number of nitrogens with zero attached hydrogens (tertiary/aromatic N) is 1. The molecule has 0 aliphatic carbocycles. The van der Waals surface area contributed by atoms with E-state index in [-0.39, 0.29) is 12.5 Å². The van der Waals surface area contributed by atoms with Crippen molar-refractivity contribution >= 4 is 0 Å². The Balaban J connectivity index is 2.83. The molecule has 0 aromatic carbocycles. The summed E-state index contributed by atoms with van der Waals surface area (Å²) in [6, 6.07) is 0. The van der Waals surface area contributed by atoms with E-state index in [0.717, 1.165) is 36.5 Å². The van der Waals surface area contributed by atoms with Crippen molar-refractivity contribution in [3.05, 3.63) is 17.2 Å². The van der Waals surface area contributed by atoms with Gasteiger partial charge in [0, 0.05) is 11.6 Å². The van der Waals surface area contributed by atoms with Gasteiger partial charge in [-0.1, -0.05) is 20.3 Å². The summed E-state index contributed by atoms with van der Waals surface area (Å²) in [5.41, 5.74) is 2.29. The van der Waals surface area contributed by atoms with Crippen LogP contribution in [0.5, 0.6) is 0 Å². The Bertz CT molecular complexity index is 277. The molecule has 0 bridgehead atoms. The van der Waals surface area contributed by atoms with Gasteiger partial charge >= 0.3 is 0 Å².